The summed E-state index contributed by atoms with van der Waals surface area (Å²) in [5, 5.41) is 0.170. The Balaban J connectivity index is 2.74. The number of halogens is 3. The van der Waals surface area contributed by atoms with Gasteiger partial charge in [-0.25, -0.2) is 9.18 Å². The molecule has 0 aliphatic heterocycles. The molecule has 0 saturated heterocycles. The number of imidazole rings is 1. The first kappa shape index (κ1) is 10.3. The zero-order valence-corrected chi connectivity index (χ0v) is 8.81. The van der Waals surface area contributed by atoms with Gasteiger partial charge in [0.05, 0.1) is 15.7 Å². The smallest absolute Gasteiger partial charge is 0.312 e. The molecule has 78 valence electrons. The molecule has 0 radical (unpaired) electrons. The van der Waals surface area contributed by atoms with Crippen LogP contribution in [0.4, 0.5) is 4.39 Å². The monoisotopic (exact) mass is 246 g/mol. The molecule has 0 aliphatic rings. The molecule has 0 fully saturated rings. The summed E-state index contributed by atoms with van der Waals surface area (Å²) in [5.41, 5.74) is -0.114. The molecule has 1 N–H and O–H groups in total. The molecule has 0 unspecified atom stereocenters. The Morgan fingerprint density at radius 2 is 1.87 bits per heavy atom. The van der Waals surface area contributed by atoms with Crippen molar-refractivity contribution in [3.8, 4) is 5.69 Å². The van der Waals surface area contributed by atoms with Crippen LogP contribution in [0.25, 0.3) is 5.69 Å². The SMILES string of the molecule is O=c1[nH]ccn1-c1c(Cl)cc(F)cc1Cl. The highest BCUT2D eigenvalue weighted by Gasteiger charge is 2.11. The van der Waals surface area contributed by atoms with Crippen molar-refractivity contribution in [3.05, 3.63) is 50.9 Å². The first-order chi connectivity index (χ1) is 7.09. The minimum Gasteiger partial charge on any atom is -0.312 e. The van der Waals surface area contributed by atoms with Gasteiger partial charge in [-0.05, 0) is 12.1 Å². The molecule has 0 aliphatic carbocycles. The summed E-state index contributed by atoms with van der Waals surface area (Å²) in [6.07, 6.45) is 2.91. The van der Waals surface area contributed by atoms with Crippen LogP contribution in [0.3, 0.4) is 0 Å². The summed E-state index contributed by atoms with van der Waals surface area (Å²) in [6.45, 7) is 0. The van der Waals surface area contributed by atoms with Crippen molar-refractivity contribution >= 4 is 23.2 Å². The highest BCUT2D eigenvalue weighted by atomic mass is 35.5. The fourth-order valence-corrected chi connectivity index (χ4v) is 1.90. The van der Waals surface area contributed by atoms with Gasteiger partial charge in [0, 0.05) is 12.4 Å². The Hall–Kier alpha value is -1.26. The Morgan fingerprint density at radius 3 is 2.33 bits per heavy atom. The van der Waals surface area contributed by atoms with Crippen LogP contribution in [0, 0.1) is 5.82 Å². The predicted molar refractivity (Wildman–Crippen MR) is 56.4 cm³/mol. The molecule has 2 rings (SSSR count). The van der Waals surface area contributed by atoms with Crippen molar-refractivity contribution < 1.29 is 4.39 Å². The average molecular weight is 247 g/mol. The van der Waals surface area contributed by atoms with Crippen molar-refractivity contribution in [2.75, 3.05) is 0 Å². The van der Waals surface area contributed by atoms with Crippen LogP contribution >= 0.6 is 23.2 Å². The lowest BCUT2D eigenvalue weighted by molar-refractivity contribution is 0.627. The third kappa shape index (κ3) is 1.78. The lowest BCUT2D eigenvalue weighted by Gasteiger charge is -2.06. The van der Waals surface area contributed by atoms with Crippen molar-refractivity contribution in [3.63, 3.8) is 0 Å². The van der Waals surface area contributed by atoms with Crippen molar-refractivity contribution in [1.29, 1.82) is 0 Å². The number of rotatable bonds is 1. The van der Waals surface area contributed by atoms with E-state index in [1.54, 1.807) is 0 Å². The normalized spacial score (nSPS) is 10.6. The van der Waals surface area contributed by atoms with Crippen LogP contribution in [0.2, 0.25) is 10.0 Å². The maximum Gasteiger partial charge on any atom is 0.330 e. The molecule has 0 saturated carbocycles. The van der Waals surface area contributed by atoms with Crippen LogP contribution in [0.5, 0.6) is 0 Å². The fourth-order valence-electron chi connectivity index (χ4n) is 1.26. The number of benzene rings is 1. The molecular formula is C9H5Cl2FN2O. The van der Waals surface area contributed by atoms with Gasteiger partial charge in [-0.1, -0.05) is 23.2 Å². The second-order valence-electron chi connectivity index (χ2n) is 2.85. The molecule has 0 bridgehead atoms. The molecular weight excluding hydrogens is 242 g/mol. The lowest BCUT2D eigenvalue weighted by Crippen LogP contribution is -2.14. The van der Waals surface area contributed by atoms with Gasteiger partial charge in [-0.15, -0.1) is 0 Å². The quantitative estimate of drug-likeness (QED) is 0.826. The van der Waals surface area contributed by atoms with Gasteiger partial charge in [0.15, 0.2) is 0 Å². The van der Waals surface area contributed by atoms with E-state index in [-0.39, 0.29) is 21.4 Å². The second kappa shape index (κ2) is 3.72. The molecule has 2 aromatic rings. The van der Waals surface area contributed by atoms with E-state index in [0.717, 1.165) is 12.1 Å². The van der Waals surface area contributed by atoms with Crippen LogP contribution < -0.4 is 5.69 Å². The van der Waals surface area contributed by atoms with Crippen LogP contribution in [0.1, 0.15) is 0 Å². The van der Waals surface area contributed by atoms with E-state index in [9.17, 15) is 9.18 Å². The largest absolute Gasteiger partial charge is 0.330 e. The average Bonchev–Trinajstić information content (AvgIpc) is 2.50. The lowest BCUT2D eigenvalue weighted by atomic mass is 10.3. The minimum atomic E-state index is -0.544. The van der Waals surface area contributed by atoms with E-state index >= 15 is 0 Å². The first-order valence-electron chi connectivity index (χ1n) is 4.00. The molecule has 1 aromatic heterocycles. The standard InChI is InChI=1S/C9H5Cl2FN2O/c10-6-3-5(12)4-7(11)8(6)14-2-1-13-9(14)15/h1-4H,(H,13,15). The number of nitrogens with zero attached hydrogens (tertiary/aromatic N) is 1. The highest BCUT2D eigenvalue weighted by molar-refractivity contribution is 6.37. The number of H-pyrrole nitrogens is 1. The van der Waals surface area contributed by atoms with Crippen LogP contribution in [-0.2, 0) is 0 Å². The molecule has 1 aromatic carbocycles. The van der Waals surface area contributed by atoms with Gasteiger partial charge in [-0.2, -0.15) is 0 Å². The number of hydrogen-bond donors (Lipinski definition) is 1. The number of hydrogen-bond acceptors (Lipinski definition) is 1. The maximum absolute atomic E-state index is 12.9. The van der Waals surface area contributed by atoms with E-state index in [1.165, 1.54) is 17.0 Å². The summed E-state index contributed by atoms with van der Waals surface area (Å²) in [5.74, 6) is -0.544. The van der Waals surface area contributed by atoms with Crippen LogP contribution in [0.15, 0.2) is 29.3 Å². The molecule has 15 heavy (non-hydrogen) atoms. The van der Waals surface area contributed by atoms with E-state index in [1.807, 2.05) is 0 Å². The van der Waals surface area contributed by atoms with E-state index in [4.69, 9.17) is 23.2 Å². The highest BCUT2D eigenvalue weighted by Crippen LogP contribution is 2.28. The number of nitrogens with one attached hydrogen (secondary N) is 1. The fraction of sp³-hybridized carbons (Fsp3) is 0. The summed E-state index contributed by atoms with van der Waals surface area (Å²) < 4.78 is 14.1. The van der Waals surface area contributed by atoms with Gasteiger partial charge in [0.25, 0.3) is 0 Å². The Labute approximate surface area is 94.1 Å². The summed E-state index contributed by atoms with van der Waals surface area (Å²) in [6, 6.07) is 2.20. The van der Waals surface area contributed by atoms with Crippen LogP contribution in [-0.4, -0.2) is 9.55 Å². The van der Waals surface area contributed by atoms with Gasteiger partial charge in [0.2, 0.25) is 0 Å². The molecule has 1 heterocycles. The summed E-state index contributed by atoms with van der Waals surface area (Å²) >= 11 is 11.6. The summed E-state index contributed by atoms with van der Waals surface area (Å²) in [7, 11) is 0. The zero-order chi connectivity index (χ0) is 11.0. The molecule has 6 heteroatoms. The van der Waals surface area contributed by atoms with Gasteiger partial charge >= 0.3 is 5.69 Å². The third-order valence-electron chi connectivity index (χ3n) is 1.87. The zero-order valence-electron chi connectivity index (χ0n) is 7.30. The van der Waals surface area contributed by atoms with Gasteiger partial charge in [-0.3, -0.25) is 4.57 Å². The second-order valence-corrected chi connectivity index (χ2v) is 3.67. The molecule has 0 amide bonds. The number of aromatic amines is 1. The van der Waals surface area contributed by atoms with E-state index in [2.05, 4.69) is 4.98 Å². The van der Waals surface area contributed by atoms with Gasteiger partial charge in [0.1, 0.15) is 5.82 Å². The maximum atomic E-state index is 12.9. The van der Waals surface area contributed by atoms with Crippen molar-refractivity contribution in [2.45, 2.75) is 0 Å². The topological polar surface area (TPSA) is 37.8 Å². The third-order valence-corrected chi connectivity index (χ3v) is 2.45. The Morgan fingerprint density at radius 1 is 1.27 bits per heavy atom. The number of aromatic nitrogens is 2. The van der Waals surface area contributed by atoms with Crippen molar-refractivity contribution in [2.24, 2.45) is 0 Å². The Kier molecular flexibility index (Phi) is 2.54. The molecule has 0 atom stereocenters. The van der Waals surface area contributed by atoms with E-state index in [0.29, 0.717) is 0 Å². The minimum absolute atomic E-state index is 0.0849. The Bertz CT molecular complexity index is 538. The van der Waals surface area contributed by atoms with Crippen molar-refractivity contribution in [1.82, 2.24) is 9.55 Å². The molecule has 0 spiro atoms. The molecule has 3 nitrogen and oxygen atoms in total. The van der Waals surface area contributed by atoms with E-state index < -0.39 is 5.82 Å². The predicted octanol–water partition coefficient (Wildman–Crippen LogP) is 2.61. The van der Waals surface area contributed by atoms with Gasteiger partial charge < -0.3 is 4.98 Å². The summed E-state index contributed by atoms with van der Waals surface area (Å²) in [4.78, 5) is 13.7. The first-order valence-corrected chi connectivity index (χ1v) is 4.76.